The number of thioether (sulfide) groups is 1. The van der Waals surface area contributed by atoms with Crippen LogP contribution in [0.5, 0.6) is 0 Å². The van der Waals surface area contributed by atoms with Gasteiger partial charge in [0, 0.05) is 23.1 Å². The number of benzene rings is 3. The standard InChI is InChI=1S/C24H16N6O3S/c31-20-14-34-23(16-10-12-17(13-11-16)30(32)33)28(20)24-27-26-22-18-8-4-5-9-19(18)25-21(29(22)24)15-6-2-1-3-7-15/h1-13,23H,14H2. The third-order valence-corrected chi connectivity index (χ3v) is 6.95. The fraction of sp³-hybridized carbons (Fsp3) is 0.0833. The van der Waals surface area contributed by atoms with E-state index >= 15 is 0 Å². The Labute approximate surface area is 197 Å². The summed E-state index contributed by atoms with van der Waals surface area (Å²) in [4.78, 5) is 30.2. The van der Waals surface area contributed by atoms with Gasteiger partial charge >= 0.3 is 0 Å². The number of nitrogens with zero attached hydrogens (tertiary/aromatic N) is 6. The number of nitro groups is 1. The molecule has 1 aliphatic rings. The SMILES string of the molecule is O=C1CSC(c2ccc([N+](=O)[O-])cc2)N1c1nnc2c3ccccc3nc(-c3ccccc3)n12. The number of hydrogen-bond donors (Lipinski definition) is 0. The molecule has 3 heterocycles. The molecular formula is C24H16N6O3S. The molecule has 5 aromatic rings. The summed E-state index contributed by atoms with van der Waals surface area (Å²) in [6, 6.07) is 23.6. The Morgan fingerprint density at radius 3 is 2.44 bits per heavy atom. The van der Waals surface area contributed by atoms with Gasteiger partial charge in [0.25, 0.3) is 5.69 Å². The lowest BCUT2D eigenvalue weighted by molar-refractivity contribution is -0.384. The predicted molar refractivity (Wildman–Crippen MR) is 130 cm³/mol. The van der Waals surface area contributed by atoms with Crippen LogP contribution in [-0.4, -0.2) is 36.2 Å². The van der Waals surface area contributed by atoms with E-state index in [-0.39, 0.29) is 17.3 Å². The summed E-state index contributed by atoms with van der Waals surface area (Å²) in [5.74, 6) is 1.14. The van der Waals surface area contributed by atoms with Crippen molar-refractivity contribution in [2.75, 3.05) is 10.7 Å². The summed E-state index contributed by atoms with van der Waals surface area (Å²) in [6.07, 6.45) is 0. The minimum Gasteiger partial charge on any atom is -0.273 e. The lowest BCUT2D eigenvalue weighted by Crippen LogP contribution is -2.30. The first-order valence-electron chi connectivity index (χ1n) is 10.5. The monoisotopic (exact) mass is 468 g/mol. The number of para-hydroxylation sites is 1. The molecule has 0 aliphatic carbocycles. The van der Waals surface area contributed by atoms with Crippen LogP contribution in [0.3, 0.4) is 0 Å². The van der Waals surface area contributed by atoms with Gasteiger partial charge in [-0.05, 0) is 29.8 Å². The third kappa shape index (κ3) is 3.19. The van der Waals surface area contributed by atoms with E-state index in [1.807, 2.05) is 59.0 Å². The van der Waals surface area contributed by atoms with Gasteiger partial charge in [-0.1, -0.05) is 42.5 Å². The summed E-state index contributed by atoms with van der Waals surface area (Å²) in [5, 5.41) is 20.4. The Balaban J connectivity index is 1.57. The van der Waals surface area contributed by atoms with Gasteiger partial charge < -0.3 is 0 Å². The highest BCUT2D eigenvalue weighted by Crippen LogP contribution is 2.42. The number of fused-ring (bicyclic) bond motifs is 3. The molecule has 2 aromatic heterocycles. The fourth-order valence-corrected chi connectivity index (χ4v) is 5.30. The van der Waals surface area contributed by atoms with Gasteiger partial charge in [-0.15, -0.1) is 22.0 Å². The highest BCUT2D eigenvalue weighted by molar-refractivity contribution is 8.00. The number of rotatable bonds is 4. The third-order valence-electron chi connectivity index (χ3n) is 5.73. The quantitative estimate of drug-likeness (QED) is 0.280. The maximum atomic E-state index is 13.1. The lowest BCUT2D eigenvalue weighted by atomic mass is 10.1. The van der Waals surface area contributed by atoms with Crippen LogP contribution in [0.4, 0.5) is 11.6 Å². The topological polar surface area (TPSA) is 107 Å². The number of nitro benzene ring substituents is 1. The van der Waals surface area contributed by atoms with Crippen molar-refractivity contribution in [2.45, 2.75) is 5.37 Å². The molecule has 0 radical (unpaired) electrons. The number of aromatic nitrogens is 4. The molecule has 0 saturated carbocycles. The molecule has 9 nitrogen and oxygen atoms in total. The zero-order valence-electron chi connectivity index (χ0n) is 17.6. The zero-order chi connectivity index (χ0) is 23.2. The molecule has 10 heteroatoms. The molecule has 1 aliphatic heterocycles. The van der Waals surface area contributed by atoms with E-state index in [1.165, 1.54) is 23.9 Å². The Kier molecular flexibility index (Phi) is 4.73. The van der Waals surface area contributed by atoms with E-state index in [2.05, 4.69) is 10.2 Å². The molecule has 0 N–H and O–H groups in total. The average molecular weight is 468 g/mol. The molecule has 166 valence electrons. The van der Waals surface area contributed by atoms with Crippen LogP contribution in [0, 0.1) is 10.1 Å². The Morgan fingerprint density at radius 1 is 0.941 bits per heavy atom. The number of anilines is 1. The second-order valence-corrected chi connectivity index (χ2v) is 8.82. The van der Waals surface area contributed by atoms with Gasteiger partial charge in [0.2, 0.25) is 11.9 Å². The summed E-state index contributed by atoms with van der Waals surface area (Å²) in [7, 11) is 0. The van der Waals surface area contributed by atoms with Gasteiger partial charge in [-0.25, -0.2) is 9.38 Å². The van der Waals surface area contributed by atoms with E-state index < -0.39 is 10.3 Å². The highest BCUT2D eigenvalue weighted by atomic mass is 32.2. The maximum Gasteiger partial charge on any atom is 0.269 e. The first-order valence-corrected chi connectivity index (χ1v) is 11.5. The molecule has 1 unspecified atom stereocenters. The van der Waals surface area contributed by atoms with Crippen LogP contribution in [0.1, 0.15) is 10.9 Å². The second-order valence-electron chi connectivity index (χ2n) is 7.75. The minimum atomic E-state index is -0.441. The van der Waals surface area contributed by atoms with Crippen LogP contribution in [0.25, 0.3) is 27.9 Å². The van der Waals surface area contributed by atoms with Gasteiger partial charge in [0.15, 0.2) is 5.65 Å². The number of hydrogen-bond acceptors (Lipinski definition) is 7. The van der Waals surface area contributed by atoms with Crippen molar-refractivity contribution in [1.82, 2.24) is 19.6 Å². The second kappa shape index (κ2) is 7.92. The Hall–Kier alpha value is -4.31. The molecule has 3 aromatic carbocycles. The first kappa shape index (κ1) is 20.3. The average Bonchev–Trinajstić information content (AvgIpc) is 3.48. The van der Waals surface area contributed by atoms with Crippen molar-refractivity contribution >= 4 is 45.9 Å². The van der Waals surface area contributed by atoms with E-state index in [0.29, 0.717) is 17.4 Å². The molecule has 34 heavy (non-hydrogen) atoms. The van der Waals surface area contributed by atoms with Crippen LogP contribution in [-0.2, 0) is 4.79 Å². The molecule has 1 fully saturated rings. The number of carbonyl (C=O) groups is 1. The van der Waals surface area contributed by atoms with Gasteiger partial charge in [0.05, 0.1) is 16.2 Å². The molecule has 0 bridgehead atoms. The van der Waals surface area contributed by atoms with E-state index in [0.717, 1.165) is 22.0 Å². The lowest BCUT2D eigenvalue weighted by Gasteiger charge is -2.23. The maximum absolute atomic E-state index is 13.1. The number of amides is 1. The highest BCUT2D eigenvalue weighted by Gasteiger charge is 2.38. The number of carbonyl (C=O) groups excluding carboxylic acids is 1. The van der Waals surface area contributed by atoms with Crippen LogP contribution in [0.2, 0.25) is 0 Å². The molecule has 1 atom stereocenters. The summed E-state index contributed by atoms with van der Waals surface area (Å²) < 4.78 is 1.82. The molecular weight excluding hydrogens is 452 g/mol. The minimum absolute atomic E-state index is 0.000385. The van der Waals surface area contributed by atoms with Crippen LogP contribution in [0.15, 0.2) is 78.9 Å². The normalized spacial score (nSPS) is 15.9. The number of non-ortho nitro benzene ring substituents is 1. The first-order chi connectivity index (χ1) is 16.6. The Morgan fingerprint density at radius 2 is 1.68 bits per heavy atom. The summed E-state index contributed by atoms with van der Waals surface area (Å²) >= 11 is 1.44. The van der Waals surface area contributed by atoms with E-state index in [1.54, 1.807) is 17.0 Å². The fourth-order valence-electron chi connectivity index (χ4n) is 4.15. The largest absolute Gasteiger partial charge is 0.273 e. The summed E-state index contributed by atoms with van der Waals surface area (Å²) in [5.41, 5.74) is 3.02. The molecule has 0 spiro atoms. The van der Waals surface area contributed by atoms with Crippen molar-refractivity contribution < 1.29 is 9.72 Å². The smallest absolute Gasteiger partial charge is 0.269 e. The van der Waals surface area contributed by atoms with Crippen LogP contribution < -0.4 is 4.90 Å². The van der Waals surface area contributed by atoms with Crippen molar-refractivity contribution in [1.29, 1.82) is 0 Å². The van der Waals surface area contributed by atoms with E-state index in [4.69, 9.17) is 4.98 Å². The van der Waals surface area contributed by atoms with Crippen molar-refractivity contribution in [3.05, 3.63) is 94.5 Å². The molecule has 1 saturated heterocycles. The van der Waals surface area contributed by atoms with Crippen LogP contribution >= 0.6 is 11.8 Å². The van der Waals surface area contributed by atoms with Crippen molar-refractivity contribution in [3.8, 4) is 11.4 Å². The van der Waals surface area contributed by atoms with Gasteiger partial charge in [-0.2, -0.15) is 0 Å². The zero-order valence-corrected chi connectivity index (χ0v) is 18.4. The summed E-state index contributed by atoms with van der Waals surface area (Å²) in [6.45, 7) is 0. The van der Waals surface area contributed by atoms with Crippen molar-refractivity contribution in [3.63, 3.8) is 0 Å². The van der Waals surface area contributed by atoms with E-state index in [9.17, 15) is 14.9 Å². The molecule has 1 amide bonds. The van der Waals surface area contributed by atoms with Crippen molar-refractivity contribution in [2.24, 2.45) is 0 Å². The predicted octanol–water partition coefficient (Wildman–Crippen LogP) is 4.63. The molecule has 6 rings (SSSR count). The van der Waals surface area contributed by atoms with Gasteiger partial charge in [-0.3, -0.25) is 19.8 Å². The van der Waals surface area contributed by atoms with Gasteiger partial charge in [0.1, 0.15) is 11.2 Å². The Bertz CT molecular complexity index is 1570.